The Morgan fingerprint density at radius 3 is 2.95 bits per heavy atom. The number of nitrogens with zero attached hydrogens (tertiary/aromatic N) is 2. The number of H-pyrrole nitrogens is 1. The molecule has 1 amide bonds. The van der Waals surface area contributed by atoms with Gasteiger partial charge in [-0.3, -0.25) is 4.79 Å². The van der Waals surface area contributed by atoms with Gasteiger partial charge in [-0.05, 0) is 30.7 Å². The van der Waals surface area contributed by atoms with E-state index in [9.17, 15) is 9.18 Å². The first-order valence-corrected chi connectivity index (χ1v) is 6.47. The van der Waals surface area contributed by atoms with E-state index in [0.29, 0.717) is 11.4 Å². The highest BCUT2D eigenvalue weighted by Gasteiger charge is 2.10. The van der Waals surface area contributed by atoms with Gasteiger partial charge in [0.15, 0.2) is 0 Å². The van der Waals surface area contributed by atoms with Crippen LogP contribution in [0.25, 0.3) is 11.0 Å². The van der Waals surface area contributed by atoms with Crippen LogP contribution in [-0.2, 0) is 6.54 Å². The van der Waals surface area contributed by atoms with E-state index in [1.165, 1.54) is 6.07 Å². The van der Waals surface area contributed by atoms with Crippen LogP contribution in [0.4, 0.5) is 4.39 Å². The molecule has 0 aliphatic rings. The van der Waals surface area contributed by atoms with Crippen molar-refractivity contribution in [3.63, 3.8) is 0 Å². The zero-order valence-electron chi connectivity index (χ0n) is 11.4. The van der Waals surface area contributed by atoms with E-state index in [1.54, 1.807) is 6.92 Å². The highest BCUT2D eigenvalue weighted by Crippen LogP contribution is 2.10. The summed E-state index contributed by atoms with van der Waals surface area (Å²) in [7, 11) is 0. The second-order valence-electron chi connectivity index (χ2n) is 4.70. The van der Waals surface area contributed by atoms with Crippen molar-refractivity contribution in [2.45, 2.75) is 13.5 Å². The molecule has 0 unspecified atom stereocenters. The molecule has 2 heterocycles. The fourth-order valence-corrected chi connectivity index (χ4v) is 2.01. The average Bonchev–Trinajstić information content (AvgIpc) is 2.90. The number of rotatable bonds is 3. The molecular formula is C15H13FN4O. The van der Waals surface area contributed by atoms with Crippen molar-refractivity contribution in [2.24, 2.45) is 0 Å². The number of hydrogen-bond acceptors (Lipinski definition) is 3. The normalized spacial score (nSPS) is 10.8. The molecule has 0 saturated carbocycles. The number of fused-ring (bicyclic) bond motifs is 1. The Bertz CT molecular complexity index is 779. The van der Waals surface area contributed by atoms with Crippen molar-refractivity contribution in [3.8, 4) is 0 Å². The van der Waals surface area contributed by atoms with Crippen molar-refractivity contribution in [1.29, 1.82) is 0 Å². The van der Waals surface area contributed by atoms with Gasteiger partial charge in [-0.15, -0.1) is 0 Å². The van der Waals surface area contributed by atoms with Gasteiger partial charge in [0.2, 0.25) is 0 Å². The number of hydrogen-bond donors (Lipinski definition) is 2. The van der Waals surface area contributed by atoms with Crippen LogP contribution in [0.5, 0.6) is 0 Å². The fourth-order valence-electron chi connectivity index (χ4n) is 2.01. The number of pyridine rings is 1. The lowest BCUT2D eigenvalue weighted by Gasteiger charge is -2.03. The number of imidazole rings is 1. The summed E-state index contributed by atoms with van der Waals surface area (Å²) in [5, 5.41) is 2.71. The van der Waals surface area contributed by atoms with Crippen LogP contribution in [0.15, 0.2) is 36.5 Å². The van der Waals surface area contributed by atoms with E-state index in [2.05, 4.69) is 20.3 Å². The molecule has 5 nitrogen and oxygen atoms in total. The molecule has 0 spiro atoms. The van der Waals surface area contributed by atoms with E-state index in [4.69, 9.17) is 0 Å². The number of aryl methyl sites for hydroxylation is 1. The number of aromatic amines is 1. The molecule has 0 aliphatic carbocycles. The molecule has 0 aliphatic heterocycles. The zero-order chi connectivity index (χ0) is 14.8. The van der Waals surface area contributed by atoms with Crippen LogP contribution in [0.2, 0.25) is 0 Å². The molecule has 6 heteroatoms. The topological polar surface area (TPSA) is 70.7 Å². The number of benzene rings is 1. The van der Waals surface area contributed by atoms with Gasteiger partial charge in [0, 0.05) is 0 Å². The summed E-state index contributed by atoms with van der Waals surface area (Å²) in [5.41, 5.74) is 2.33. The molecule has 0 saturated heterocycles. The standard InChI is InChI=1S/C15H13FN4O/c1-9-6-13(17-7-10(9)16)15(21)18-8-14-19-11-4-2-3-5-12(11)20-14/h2-7H,8H2,1H3,(H,18,21)(H,19,20). The second-order valence-corrected chi connectivity index (χ2v) is 4.70. The number of carbonyl (C=O) groups excluding carboxylic acids is 1. The van der Waals surface area contributed by atoms with E-state index in [1.807, 2.05) is 24.3 Å². The Morgan fingerprint density at radius 1 is 1.38 bits per heavy atom. The number of carbonyl (C=O) groups is 1. The monoisotopic (exact) mass is 284 g/mol. The van der Waals surface area contributed by atoms with Crippen molar-refractivity contribution >= 4 is 16.9 Å². The zero-order valence-corrected chi connectivity index (χ0v) is 11.4. The predicted octanol–water partition coefficient (Wildman–Crippen LogP) is 2.34. The third kappa shape index (κ3) is 2.74. The van der Waals surface area contributed by atoms with Gasteiger partial charge in [0.1, 0.15) is 17.3 Å². The summed E-state index contributed by atoms with van der Waals surface area (Å²) < 4.78 is 13.1. The molecular weight excluding hydrogens is 271 g/mol. The van der Waals surface area contributed by atoms with Crippen LogP contribution in [0.3, 0.4) is 0 Å². The van der Waals surface area contributed by atoms with Gasteiger partial charge in [-0.1, -0.05) is 12.1 Å². The maximum absolute atomic E-state index is 13.1. The Hall–Kier alpha value is -2.76. The quantitative estimate of drug-likeness (QED) is 0.775. The molecule has 106 valence electrons. The first kappa shape index (κ1) is 13.2. The molecule has 0 atom stereocenters. The smallest absolute Gasteiger partial charge is 0.270 e. The maximum atomic E-state index is 13.1. The first-order chi connectivity index (χ1) is 10.1. The average molecular weight is 284 g/mol. The summed E-state index contributed by atoms with van der Waals surface area (Å²) >= 11 is 0. The lowest BCUT2D eigenvalue weighted by molar-refractivity contribution is 0.0945. The highest BCUT2D eigenvalue weighted by molar-refractivity contribution is 5.92. The molecule has 2 N–H and O–H groups in total. The number of amides is 1. The van der Waals surface area contributed by atoms with Crippen molar-refractivity contribution in [2.75, 3.05) is 0 Å². The third-order valence-electron chi connectivity index (χ3n) is 3.13. The highest BCUT2D eigenvalue weighted by atomic mass is 19.1. The SMILES string of the molecule is Cc1cc(C(=O)NCc2nc3ccccc3[nH]2)ncc1F. The first-order valence-electron chi connectivity index (χ1n) is 6.47. The van der Waals surface area contributed by atoms with Crippen molar-refractivity contribution < 1.29 is 9.18 Å². The molecule has 1 aromatic carbocycles. The molecule has 21 heavy (non-hydrogen) atoms. The van der Waals surface area contributed by atoms with Gasteiger partial charge in [-0.2, -0.15) is 0 Å². The molecule has 3 aromatic rings. The van der Waals surface area contributed by atoms with Crippen LogP contribution in [-0.4, -0.2) is 20.9 Å². The van der Waals surface area contributed by atoms with Gasteiger partial charge < -0.3 is 10.3 Å². The van der Waals surface area contributed by atoms with Crippen LogP contribution >= 0.6 is 0 Å². The summed E-state index contributed by atoms with van der Waals surface area (Å²) in [6.45, 7) is 1.85. The van der Waals surface area contributed by atoms with Crippen LogP contribution in [0, 0.1) is 12.7 Å². The van der Waals surface area contributed by atoms with Gasteiger partial charge in [-0.25, -0.2) is 14.4 Å². The van der Waals surface area contributed by atoms with Gasteiger partial charge in [0.05, 0.1) is 23.8 Å². The summed E-state index contributed by atoms with van der Waals surface area (Å²) in [5.74, 6) is -0.134. The Labute approximate surface area is 120 Å². The van der Waals surface area contributed by atoms with Crippen molar-refractivity contribution in [1.82, 2.24) is 20.3 Å². The molecule has 3 rings (SSSR count). The lowest BCUT2D eigenvalue weighted by Crippen LogP contribution is -2.24. The molecule has 0 radical (unpaired) electrons. The summed E-state index contributed by atoms with van der Waals surface area (Å²) in [4.78, 5) is 23.2. The molecule has 0 bridgehead atoms. The summed E-state index contributed by atoms with van der Waals surface area (Å²) in [6, 6.07) is 9.04. The summed E-state index contributed by atoms with van der Waals surface area (Å²) in [6.07, 6.45) is 1.05. The lowest BCUT2D eigenvalue weighted by atomic mass is 10.2. The van der Waals surface area contributed by atoms with E-state index in [-0.39, 0.29) is 18.1 Å². The fraction of sp³-hybridized carbons (Fsp3) is 0.133. The minimum absolute atomic E-state index is 0.185. The second kappa shape index (κ2) is 5.32. The minimum Gasteiger partial charge on any atom is -0.343 e. The third-order valence-corrected chi connectivity index (χ3v) is 3.13. The number of aromatic nitrogens is 3. The molecule has 2 aromatic heterocycles. The van der Waals surface area contributed by atoms with Crippen molar-refractivity contribution in [3.05, 3.63) is 59.4 Å². The van der Waals surface area contributed by atoms with E-state index in [0.717, 1.165) is 17.2 Å². The molecule has 0 fully saturated rings. The largest absolute Gasteiger partial charge is 0.343 e. The number of nitrogens with one attached hydrogen (secondary N) is 2. The van der Waals surface area contributed by atoms with Gasteiger partial charge in [0.25, 0.3) is 5.91 Å². The van der Waals surface area contributed by atoms with E-state index >= 15 is 0 Å². The maximum Gasteiger partial charge on any atom is 0.270 e. The number of halogens is 1. The Kier molecular flexibility index (Phi) is 3.35. The predicted molar refractivity (Wildman–Crippen MR) is 76.2 cm³/mol. The number of para-hydroxylation sites is 2. The Morgan fingerprint density at radius 2 is 2.19 bits per heavy atom. The van der Waals surface area contributed by atoms with E-state index < -0.39 is 5.82 Å². The Balaban J connectivity index is 1.71. The minimum atomic E-state index is -0.427. The van der Waals surface area contributed by atoms with Crippen LogP contribution in [0.1, 0.15) is 21.9 Å². The van der Waals surface area contributed by atoms with Gasteiger partial charge >= 0.3 is 0 Å². The van der Waals surface area contributed by atoms with Crippen LogP contribution < -0.4 is 5.32 Å².